The van der Waals surface area contributed by atoms with Crippen molar-refractivity contribution >= 4 is 39.5 Å². The first-order valence-corrected chi connectivity index (χ1v) is 39.8. The van der Waals surface area contributed by atoms with E-state index in [-0.39, 0.29) is 25.7 Å². The third-order valence-corrected chi connectivity index (χ3v) is 17.2. The number of carbonyl (C=O) groups is 4. The summed E-state index contributed by atoms with van der Waals surface area (Å²) in [5.41, 5.74) is 0. The van der Waals surface area contributed by atoms with Gasteiger partial charge in [-0.05, 0) is 116 Å². The Bertz CT molecular complexity index is 2120. The highest BCUT2D eigenvalue weighted by Crippen LogP contribution is 2.45. The van der Waals surface area contributed by atoms with Gasteiger partial charge in [0.25, 0.3) is 0 Å². The van der Waals surface area contributed by atoms with Crippen molar-refractivity contribution in [3.8, 4) is 0 Å². The van der Waals surface area contributed by atoms with Gasteiger partial charge in [-0.25, -0.2) is 9.13 Å². The average molecular weight is 1370 g/mol. The van der Waals surface area contributed by atoms with Crippen LogP contribution in [0.15, 0.2) is 85.1 Å². The van der Waals surface area contributed by atoms with Crippen LogP contribution in [0.5, 0.6) is 0 Å². The number of aliphatic hydroxyl groups excluding tert-OH is 1. The lowest BCUT2D eigenvalue weighted by Gasteiger charge is -2.21. The van der Waals surface area contributed by atoms with Crippen molar-refractivity contribution in [3.63, 3.8) is 0 Å². The fraction of sp³-hybridized carbons (Fsp3) is 0.760. The number of phosphoric acid groups is 2. The number of hydrogen-bond acceptors (Lipinski definition) is 15. The maximum atomic E-state index is 13.0. The largest absolute Gasteiger partial charge is 0.472 e. The molecule has 19 heteroatoms. The summed E-state index contributed by atoms with van der Waals surface area (Å²) in [6, 6.07) is 0. The first-order chi connectivity index (χ1) is 45.7. The summed E-state index contributed by atoms with van der Waals surface area (Å²) in [6.45, 7) is 4.62. The topological polar surface area (TPSA) is 237 Å². The SMILES string of the molecule is CC/C=C\C/C=C\C/C=C\C/C=C\CCCCC(=O)OCC(COP(=O)(O)OCC(O)COP(=O)(O)OCC(COC(=O)CCCCCCC/C=C\C/C=C\CCC)OC(=O)CCCCCCCCCCCCCCC)OC(=O)CCCCCCC/C=C\CCCCCC. The number of carbonyl (C=O) groups excluding carboxylic acids is 4. The van der Waals surface area contributed by atoms with Gasteiger partial charge in [-0.1, -0.05) is 254 Å². The molecule has 0 aliphatic carbocycles. The fourth-order valence-electron chi connectivity index (χ4n) is 9.71. The highest BCUT2D eigenvalue weighted by Gasteiger charge is 2.30. The summed E-state index contributed by atoms with van der Waals surface area (Å²) in [4.78, 5) is 72.7. The molecular weight excluding hydrogens is 1230 g/mol. The third kappa shape index (κ3) is 66.8. The molecule has 0 spiro atoms. The highest BCUT2D eigenvalue weighted by molar-refractivity contribution is 7.47. The van der Waals surface area contributed by atoms with Gasteiger partial charge in [-0.3, -0.25) is 37.3 Å². The molecular formula is C75H132O17P2. The number of ether oxygens (including phenoxy) is 4. The van der Waals surface area contributed by atoms with E-state index < -0.39 is 97.5 Å². The van der Waals surface area contributed by atoms with Gasteiger partial charge in [0.05, 0.1) is 26.4 Å². The molecule has 0 heterocycles. The Balaban J connectivity index is 5.36. The summed E-state index contributed by atoms with van der Waals surface area (Å²) >= 11 is 0. The van der Waals surface area contributed by atoms with Crippen LogP contribution in [0.25, 0.3) is 0 Å². The van der Waals surface area contributed by atoms with Crippen LogP contribution < -0.4 is 0 Å². The van der Waals surface area contributed by atoms with Gasteiger partial charge in [0.1, 0.15) is 19.3 Å². The van der Waals surface area contributed by atoms with Crippen LogP contribution in [-0.2, 0) is 65.4 Å². The molecule has 544 valence electrons. The Morgan fingerprint density at radius 1 is 0.309 bits per heavy atom. The lowest BCUT2D eigenvalue weighted by Crippen LogP contribution is -2.30. The van der Waals surface area contributed by atoms with E-state index in [9.17, 15) is 43.2 Å². The van der Waals surface area contributed by atoms with E-state index in [1.54, 1.807) is 0 Å². The summed E-state index contributed by atoms with van der Waals surface area (Å²) in [6.07, 6.45) is 67.3. The molecule has 0 bridgehead atoms. The molecule has 0 rings (SSSR count). The number of hydrogen-bond donors (Lipinski definition) is 3. The van der Waals surface area contributed by atoms with E-state index in [2.05, 4.69) is 113 Å². The maximum Gasteiger partial charge on any atom is 0.472 e. The number of phosphoric ester groups is 2. The smallest absolute Gasteiger partial charge is 0.462 e. The van der Waals surface area contributed by atoms with Crippen LogP contribution in [0.4, 0.5) is 0 Å². The molecule has 0 aromatic rings. The molecule has 0 fully saturated rings. The Hall–Kier alpha value is -3.76. The summed E-state index contributed by atoms with van der Waals surface area (Å²) in [7, 11) is -9.95. The van der Waals surface area contributed by atoms with Crippen molar-refractivity contribution in [3.05, 3.63) is 85.1 Å². The van der Waals surface area contributed by atoms with Crippen molar-refractivity contribution in [1.82, 2.24) is 0 Å². The fourth-order valence-corrected chi connectivity index (χ4v) is 11.3. The van der Waals surface area contributed by atoms with Gasteiger partial charge >= 0.3 is 39.5 Å². The van der Waals surface area contributed by atoms with E-state index >= 15 is 0 Å². The molecule has 5 atom stereocenters. The number of allylic oxidation sites excluding steroid dienone is 14. The molecule has 5 unspecified atom stereocenters. The first-order valence-electron chi connectivity index (χ1n) is 36.8. The maximum absolute atomic E-state index is 13.0. The number of unbranched alkanes of at least 4 members (excludes halogenated alkanes) is 29. The number of rotatable bonds is 69. The molecule has 0 aromatic heterocycles. The monoisotopic (exact) mass is 1370 g/mol. The van der Waals surface area contributed by atoms with Crippen molar-refractivity contribution < 1.29 is 80.2 Å². The lowest BCUT2D eigenvalue weighted by molar-refractivity contribution is -0.161. The quantitative estimate of drug-likeness (QED) is 0.0169. The Labute approximate surface area is 570 Å². The molecule has 3 N–H and O–H groups in total. The minimum Gasteiger partial charge on any atom is -0.462 e. The minimum absolute atomic E-state index is 0.0766. The Kier molecular flexibility index (Phi) is 65.1. The van der Waals surface area contributed by atoms with Crippen LogP contribution in [0.3, 0.4) is 0 Å². The van der Waals surface area contributed by atoms with Crippen molar-refractivity contribution in [2.45, 2.75) is 329 Å². The zero-order chi connectivity index (χ0) is 69.0. The normalized spacial score (nSPS) is 14.5. The van der Waals surface area contributed by atoms with Gasteiger partial charge in [-0.2, -0.15) is 0 Å². The zero-order valence-electron chi connectivity index (χ0n) is 59.1. The predicted octanol–water partition coefficient (Wildman–Crippen LogP) is 20.7. The van der Waals surface area contributed by atoms with E-state index in [1.165, 1.54) is 77.0 Å². The number of esters is 4. The molecule has 0 radical (unpaired) electrons. The van der Waals surface area contributed by atoms with Crippen LogP contribution in [0.1, 0.15) is 310 Å². The molecule has 0 aromatic carbocycles. The Morgan fingerprint density at radius 3 is 0.936 bits per heavy atom. The van der Waals surface area contributed by atoms with Crippen LogP contribution in [0.2, 0.25) is 0 Å². The van der Waals surface area contributed by atoms with Crippen LogP contribution >= 0.6 is 15.6 Å². The number of aliphatic hydroxyl groups is 1. The lowest BCUT2D eigenvalue weighted by atomic mass is 10.0. The molecule has 17 nitrogen and oxygen atoms in total. The summed E-state index contributed by atoms with van der Waals surface area (Å²) < 4.78 is 68.3. The Morgan fingerprint density at radius 2 is 0.574 bits per heavy atom. The van der Waals surface area contributed by atoms with E-state index in [4.69, 9.17) is 37.0 Å². The summed E-state index contributed by atoms with van der Waals surface area (Å²) in [5, 5.41) is 10.6. The summed E-state index contributed by atoms with van der Waals surface area (Å²) in [5.74, 6) is -2.23. The molecule has 94 heavy (non-hydrogen) atoms. The third-order valence-electron chi connectivity index (χ3n) is 15.3. The van der Waals surface area contributed by atoms with E-state index in [1.807, 2.05) is 0 Å². The predicted molar refractivity (Wildman–Crippen MR) is 381 cm³/mol. The van der Waals surface area contributed by atoms with Crippen molar-refractivity contribution in [2.24, 2.45) is 0 Å². The highest BCUT2D eigenvalue weighted by atomic mass is 31.2. The molecule has 0 aliphatic heterocycles. The molecule has 0 aliphatic rings. The minimum atomic E-state index is -4.98. The van der Waals surface area contributed by atoms with E-state index in [0.29, 0.717) is 25.7 Å². The van der Waals surface area contributed by atoms with Gasteiger partial charge in [0.2, 0.25) is 0 Å². The second-order valence-electron chi connectivity index (χ2n) is 24.5. The van der Waals surface area contributed by atoms with Crippen molar-refractivity contribution in [1.29, 1.82) is 0 Å². The van der Waals surface area contributed by atoms with Crippen LogP contribution in [0, 0.1) is 0 Å². The second-order valence-corrected chi connectivity index (χ2v) is 27.4. The second kappa shape index (κ2) is 67.8. The van der Waals surface area contributed by atoms with E-state index in [0.717, 1.165) is 154 Å². The zero-order valence-corrected chi connectivity index (χ0v) is 60.9. The average Bonchev–Trinajstić information content (AvgIpc) is 1.67. The van der Waals surface area contributed by atoms with Crippen molar-refractivity contribution in [2.75, 3.05) is 39.6 Å². The van der Waals surface area contributed by atoms with Gasteiger partial charge in [0, 0.05) is 25.7 Å². The molecule has 0 saturated heterocycles. The first kappa shape index (κ1) is 90.2. The standard InChI is InChI=1S/C75H132O17P2/c1-5-9-13-17-21-25-29-33-34-38-40-44-48-52-56-60-73(78)86-66-71(92-75(80)62-58-54-50-46-42-37-32-28-24-20-16-12-8-4)68-90-94(83,84)88-64-69(76)63-87-93(81,82)89-67-70(91-74(79)61-57-53-49-45-41-36-31-27-23-19-15-11-7-3)65-85-72(77)59-55-51-47-43-39-35-30-26-22-18-14-10-6-2/h9,13-14,18,21,25-26,28,30,32-34,40,44,69-71,76H,5-8,10-12,15-17,19-20,22-24,27,29,31,35-39,41-43,45-68H2,1-4H3,(H,81,82)(H,83,84)/b13-9-,18-14-,25-21-,30-26-,32-28-,34-33-,44-40-. The molecule has 0 amide bonds. The van der Waals surface area contributed by atoms with Gasteiger partial charge in [-0.15, -0.1) is 0 Å². The molecule has 0 saturated carbocycles. The van der Waals surface area contributed by atoms with Gasteiger partial charge < -0.3 is 33.8 Å². The van der Waals surface area contributed by atoms with Gasteiger partial charge in [0.15, 0.2) is 12.2 Å². The van der Waals surface area contributed by atoms with Crippen LogP contribution in [-0.4, -0.2) is 96.7 Å².